The largest absolute Gasteiger partial charge is 0.0857 e. The number of hydrogen-bond donors (Lipinski definition) is 0. The summed E-state index contributed by atoms with van der Waals surface area (Å²) < 4.78 is 0. The van der Waals surface area contributed by atoms with Gasteiger partial charge < -0.3 is 0 Å². The Morgan fingerprint density at radius 1 is 1.00 bits per heavy atom. The van der Waals surface area contributed by atoms with Crippen LogP contribution in [0.5, 0.6) is 0 Å². The second-order valence-corrected chi connectivity index (χ2v) is 9.77. The highest BCUT2D eigenvalue weighted by atomic mass is 14.7. The molecule has 0 radical (unpaired) electrons. The number of rotatable bonds is 4. The zero-order valence-corrected chi connectivity index (χ0v) is 15.2. The van der Waals surface area contributed by atoms with E-state index >= 15 is 0 Å². The van der Waals surface area contributed by atoms with Gasteiger partial charge >= 0.3 is 0 Å². The number of allylic oxidation sites excluding steroid dienone is 2. The fourth-order valence-corrected chi connectivity index (χ4v) is 6.17. The molecule has 0 aromatic carbocycles. The normalized spacial score (nSPS) is 52.8. The summed E-state index contributed by atoms with van der Waals surface area (Å²) in [6.45, 7) is 14.9. The van der Waals surface area contributed by atoms with E-state index in [9.17, 15) is 0 Å². The SMILES string of the molecule is CC(C)C=CC1CCC1CC1C(C)C2(C)CC(C)(C2)C1C. The van der Waals surface area contributed by atoms with E-state index in [1.54, 1.807) is 0 Å². The van der Waals surface area contributed by atoms with Crippen LogP contribution in [-0.4, -0.2) is 0 Å². The molecule has 4 saturated carbocycles. The summed E-state index contributed by atoms with van der Waals surface area (Å²) in [5.74, 6) is 5.44. The monoisotopic (exact) mass is 288 g/mol. The second-order valence-electron chi connectivity index (χ2n) is 9.77. The van der Waals surface area contributed by atoms with E-state index < -0.39 is 0 Å². The van der Waals surface area contributed by atoms with Crippen molar-refractivity contribution in [1.82, 2.24) is 0 Å². The van der Waals surface area contributed by atoms with Crippen LogP contribution < -0.4 is 0 Å². The van der Waals surface area contributed by atoms with Gasteiger partial charge in [0.15, 0.2) is 0 Å². The van der Waals surface area contributed by atoms with Gasteiger partial charge in [-0.2, -0.15) is 0 Å². The van der Waals surface area contributed by atoms with Crippen LogP contribution in [0, 0.1) is 46.3 Å². The van der Waals surface area contributed by atoms with Crippen molar-refractivity contribution in [2.45, 2.75) is 73.6 Å². The molecular weight excluding hydrogens is 252 g/mol. The van der Waals surface area contributed by atoms with Gasteiger partial charge in [0.2, 0.25) is 0 Å². The van der Waals surface area contributed by atoms with Crippen LogP contribution in [0.3, 0.4) is 0 Å². The Bertz CT molecular complexity index is 390. The van der Waals surface area contributed by atoms with Crippen molar-refractivity contribution in [3.63, 3.8) is 0 Å². The van der Waals surface area contributed by atoms with Crippen molar-refractivity contribution in [1.29, 1.82) is 0 Å². The Labute approximate surface area is 132 Å². The van der Waals surface area contributed by atoms with Gasteiger partial charge in [0.1, 0.15) is 0 Å². The van der Waals surface area contributed by atoms with E-state index in [2.05, 4.69) is 53.7 Å². The molecule has 0 aromatic heterocycles. The summed E-state index contributed by atoms with van der Waals surface area (Å²) in [5.41, 5.74) is 1.33. The van der Waals surface area contributed by atoms with E-state index in [0.29, 0.717) is 16.7 Å². The number of fused-ring (bicyclic) bond motifs is 2. The quantitative estimate of drug-likeness (QED) is 0.531. The topological polar surface area (TPSA) is 0 Å². The molecule has 4 aliphatic rings. The summed E-state index contributed by atoms with van der Waals surface area (Å²) in [4.78, 5) is 0. The molecule has 4 atom stereocenters. The first-order valence-electron chi connectivity index (χ1n) is 9.43. The molecule has 0 amide bonds. The Hall–Kier alpha value is -0.260. The van der Waals surface area contributed by atoms with Gasteiger partial charge in [0.25, 0.3) is 0 Å². The van der Waals surface area contributed by atoms with Crippen LogP contribution >= 0.6 is 0 Å². The molecule has 0 heterocycles. The van der Waals surface area contributed by atoms with Crippen molar-refractivity contribution in [2.24, 2.45) is 46.3 Å². The third-order valence-electron chi connectivity index (χ3n) is 7.89. The van der Waals surface area contributed by atoms with E-state index in [4.69, 9.17) is 0 Å². The first kappa shape index (κ1) is 15.6. The minimum absolute atomic E-state index is 0.666. The fraction of sp³-hybridized carbons (Fsp3) is 0.905. The molecular formula is C21H36. The van der Waals surface area contributed by atoms with E-state index in [-0.39, 0.29) is 0 Å². The van der Waals surface area contributed by atoms with Gasteiger partial charge in [-0.1, -0.05) is 53.7 Å². The lowest BCUT2D eigenvalue weighted by Gasteiger charge is -2.68. The molecule has 4 rings (SSSR count). The Kier molecular flexibility index (Phi) is 3.82. The van der Waals surface area contributed by atoms with Crippen molar-refractivity contribution in [3.8, 4) is 0 Å². The molecule has 0 nitrogen and oxygen atoms in total. The summed E-state index contributed by atoms with van der Waals surface area (Å²) in [5, 5.41) is 0. The van der Waals surface area contributed by atoms with Gasteiger partial charge in [0, 0.05) is 0 Å². The van der Waals surface area contributed by atoms with Crippen LogP contribution in [0.2, 0.25) is 0 Å². The van der Waals surface area contributed by atoms with Gasteiger partial charge in [-0.3, -0.25) is 0 Å². The predicted octanol–water partition coefficient (Wildman–Crippen LogP) is 6.32. The zero-order chi connectivity index (χ0) is 15.4. The summed E-state index contributed by atoms with van der Waals surface area (Å²) in [7, 11) is 0. The van der Waals surface area contributed by atoms with Crippen molar-refractivity contribution >= 4 is 0 Å². The van der Waals surface area contributed by atoms with Crippen molar-refractivity contribution in [3.05, 3.63) is 12.2 Å². The van der Waals surface area contributed by atoms with Crippen molar-refractivity contribution in [2.75, 3.05) is 0 Å². The Morgan fingerprint density at radius 3 is 2.00 bits per heavy atom. The average Bonchev–Trinajstić information content (AvgIpc) is 2.33. The van der Waals surface area contributed by atoms with Crippen LogP contribution in [0.15, 0.2) is 12.2 Å². The lowest BCUT2D eigenvalue weighted by Crippen LogP contribution is -2.60. The standard InChI is InChI=1S/C21H36/c1-14(2)7-8-17-9-10-18(17)11-19-15(3)20(5)12-21(6,13-20)16(19)4/h7-8,14-19H,9-13H2,1-6H3. The molecule has 0 spiro atoms. The molecule has 0 saturated heterocycles. The third-order valence-corrected chi connectivity index (χ3v) is 7.89. The lowest BCUT2D eigenvalue weighted by molar-refractivity contribution is -0.187. The van der Waals surface area contributed by atoms with E-state index in [0.717, 1.165) is 29.6 Å². The summed E-state index contributed by atoms with van der Waals surface area (Å²) in [6, 6.07) is 0. The minimum Gasteiger partial charge on any atom is -0.0857 e. The first-order chi connectivity index (χ1) is 9.75. The highest BCUT2D eigenvalue weighted by Crippen LogP contribution is 2.70. The van der Waals surface area contributed by atoms with Crippen LogP contribution in [0.4, 0.5) is 0 Å². The molecule has 0 aliphatic heterocycles. The first-order valence-corrected chi connectivity index (χ1v) is 9.43. The highest BCUT2D eigenvalue weighted by Gasteiger charge is 2.62. The smallest absolute Gasteiger partial charge is 0.0205 e. The number of hydrogen-bond acceptors (Lipinski definition) is 0. The van der Waals surface area contributed by atoms with Gasteiger partial charge in [-0.15, -0.1) is 0 Å². The van der Waals surface area contributed by atoms with Gasteiger partial charge in [-0.25, -0.2) is 0 Å². The van der Waals surface area contributed by atoms with E-state index in [1.807, 2.05) is 0 Å². The highest BCUT2D eigenvalue weighted by molar-refractivity contribution is 5.12. The molecule has 0 aromatic rings. The minimum atomic E-state index is 0.666. The maximum atomic E-state index is 2.57. The molecule has 4 unspecified atom stereocenters. The van der Waals surface area contributed by atoms with Gasteiger partial charge in [0.05, 0.1) is 0 Å². The molecule has 2 bridgehead atoms. The third kappa shape index (κ3) is 2.51. The Balaban J connectivity index is 1.65. The second kappa shape index (κ2) is 5.14. The predicted molar refractivity (Wildman–Crippen MR) is 92.1 cm³/mol. The zero-order valence-electron chi connectivity index (χ0n) is 15.2. The molecule has 120 valence electrons. The van der Waals surface area contributed by atoms with Crippen LogP contribution in [0.25, 0.3) is 0 Å². The average molecular weight is 289 g/mol. The van der Waals surface area contributed by atoms with E-state index in [1.165, 1.54) is 32.1 Å². The molecule has 0 heteroatoms. The van der Waals surface area contributed by atoms with Gasteiger partial charge in [-0.05, 0) is 78.4 Å². The Morgan fingerprint density at radius 2 is 1.57 bits per heavy atom. The van der Waals surface area contributed by atoms with Crippen LogP contribution in [0.1, 0.15) is 73.6 Å². The molecule has 21 heavy (non-hydrogen) atoms. The lowest BCUT2D eigenvalue weighted by atomic mass is 9.37. The molecule has 4 fully saturated rings. The fourth-order valence-electron chi connectivity index (χ4n) is 6.17. The molecule has 4 aliphatic carbocycles. The summed E-state index contributed by atoms with van der Waals surface area (Å²) in [6.07, 6.45) is 12.4. The van der Waals surface area contributed by atoms with Crippen LogP contribution in [-0.2, 0) is 0 Å². The molecule has 0 N–H and O–H groups in total. The summed E-state index contributed by atoms with van der Waals surface area (Å²) >= 11 is 0. The van der Waals surface area contributed by atoms with Crippen molar-refractivity contribution < 1.29 is 0 Å². The maximum absolute atomic E-state index is 2.57. The maximum Gasteiger partial charge on any atom is -0.0205 e.